The van der Waals surface area contributed by atoms with Crippen molar-refractivity contribution in [1.29, 1.82) is 0 Å². The fraction of sp³-hybridized carbons (Fsp3) is 0.385. The van der Waals surface area contributed by atoms with Gasteiger partial charge in [0.2, 0.25) is 5.82 Å². The summed E-state index contributed by atoms with van der Waals surface area (Å²) in [6.07, 6.45) is 0.0133. The molecule has 0 aromatic heterocycles. The molecule has 0 aliphatic heterocycles. The molecule has 21 heavy (non-hydrogen) atoms. The van der Waals surface area contributed by atoms with Crippen molar-refractivity contribution in [3.63, 3.8) is 0 Å². The summed E-state index contributed by atoms with van der Waals surface area (Å²) >= 11 is 0. The number of carbonyl (C=O) groups is 2. The van der Waals surface area contributed by atoms with Gasteiger partial charge >= 0.3 is 11.7 Å². The van der Waals surface area contributed by atoms with Gasteiger partial charge in [-0.25, -0.2) is 0 Å². The maximum absolute atomic E-state index is 13.2. The Bertz CT molecular complexity index is 561. The van der Waals surface area contributed by atoms with Gasteiger partial charge in [0.05, 0.1) is 18.0 Å². The molecule has 0 spiro atoms. The Morgan fingerprint density at radius 2 is 2.10 bits per heavy atom. The summed E-state index contributed by atoms with van der Waals surface area (Å²) in [5, 5.41) is 10.6. The van der Waals surface area contributed by atoms with Crippen LogP contribution < -0.4 is 0 Å². The van der Waals surface area contributed by atoms with E-state index < -0.39 is 28.3 Å². The van der Waals surface area contributed by atoms with E-state index in [0.29, 0.717) is 0 Å². The summed E-state index contributed by atoms with van der Waals surface area (Å²) in [5.41, 5.74) is -0.783. The van der Waals surface area contributed by atoms with Crippen LogP contribution in [0.5, 0.6) is 0 Å². The molecular formula is C13H15FN2O5. The van der Waals surface area contributed by atoms with E-state index in [4.69, 9.17) is 4.74 Å². The van der Waals surface area contributed by atoms with E-state index in [0.717, 1.165) is 18.2 Å². The molecule has 0 saturated carbocycles. The number of nitro groups is 1. The maximum atomic E-state index is 13.2. The van der Waals surface area contributed by atoms with Crippen molar-refractivity contribution in [1.82, 2.24) is 4.90 Å². The molecule has 114 valence electrons. The second kappa shape index (κ2) is 7.32. The molecule has 0 saturated heterocycles. The van der Waals surface area contributed by atoms with Gasteiger partial charge in [-0.15, -0.1) is 0 Å². The number of carbonyl (C=O) groups excluding carboxylic acids is 2. The first kappa shape index (κ1) is 16.5. The fourth-order valence-electron chi connectivity index (χ4n) is 1.60. The lowest BCUT2D eigenvalue weighted by Gasteiger charge is -2.16. The van der Waals surface area contributed by atoms with Crippen molar-refractivity contribution >= 4 is 17.6 Å². The Labute approximate surface area is 120 Å². The zero-order valence-electron chi connectivity index (χ0n) is 11.7. The molecule has 1 rings (SSSR count). The van der Waals surface area contributed by atoms with Crippen molar-refractivity contribution < 1.29 is 23.6 Å². The third-order valence-electron chi connectivity index (χ3n) is 2.69. The molecule has 1 amide bonds. The van der Waals surface area contributed by atoms with Crippen molar-refractivity contribution in [2.45, 2.75) is 13.3 Å². The quantitative estimate of drug-likeness (QED) is 0.453. The number of hydrogen-bond donors (Lipinski definition) is 0. The van der Waals surface area contributed by atoms with Gasteiger partial charge in [0, 0.05) is 25.2 Å². The van der Waals surface area contributed by atoms with Crippen LogP contribution in [0.15, 0.2) is 18.2 Å². The Kier molecular flexibility index (Phi) is 5.77. The molecule has 0 fully saturated rings. The Hall–Kier alpha value is -2.51. The zero-order chi connectivity index (χ0) is 16.0. The van der Waals surface area contributed by atoms with Crippen LogP contribution in [0.1, 0.15) is 23.7 Å². The number of nitro benzene ring substituents is 1. The normalized spacial score (nSPS) is 10.0. The first-order chi connectivity index (χ1) is 9.86. The summed E-state index contributed by atoms with van der Waals surface area (Å²) in [6, 6.07) is 2.90. The molecule has 0 N–H and O–H groups in total. The Morgan fingerprint density at radius 3 is 2.67 bits per heavy atom. The molecule has 0 radical (unpaired) electrons. The van der Waals surface area contributed by atoms with Crippen LogP contribution in [0, 0.1) is 15.9 Å². The number of benzene rings is 1. The molecule has 0 aliphatic carbocycles. The summed E-state index contributed by atoms with van der Waals surface area (Å²) in [5.74, 6) is -1.99. The summed E-state index contributed by atoms with van der Waals surface area (Å²) in [4.78, 5) is 34.2. The number of esters is 1. The van der Waals surface area contributed by atoms with E-state index in [9.17, 15) is 24.1 Å². The lowest BCUT2D eigenvalue weighted by atomic mass is 10.1. The van der Waals surface area contributed by atoms with Crippen LogP contribution in [-0.2, 0) is 9.53 Å². The van der Waals surface area contributed by atoms with Crippen LogP contribution in [-0.4, -0.2) is 41.9 Å². The Morgan fingerprint density at radius 1 is 1.43 bits per heavy atom. The molecule has 1 aromatic rings. The van der Waals surface area contributed by atoms with E-state index in [-0.39, 0.29) is 25.1 Å². The first-order valence-corrected chi connectivity index (χ1v) is 6.21. The van der Waals surface area contributed by atoms with E-state index >= 15 is 0 Å². The molecule has 0 atom stereocenters. The third-order valence-corrected chi connectivity index (χ3v) is 2.69. The standard InChI is InChI=1S/C13H15FN2O5/c1-3-21-12(17)6-7-15(2)13(18)9-4-5-10(14)11(8-9)16(19)20/h4-5,8H,3,6-7H2,1-2H3. The predicted molar refractivity (Wildman–Crippen MR) is 71.3 cm³/mol. The molecule has 0 unspecified atom stereocenters. The largest absolute Gasteiger partial charge is 0.466 e. The van der Waals surface area contributed by atoms with Crippen LogP contribution >= 0.6 is 0 Å². The molecule has 0 bridgehead atoms. The molecular weight excluding hydrogens is 283 g/mol. The second-order valence-corrected chi connectivity index (χ2v) is 4.21. The van der Waals surface area contributed by atoms with Gasteiger partial charge in [-0.3, -0.25) is 19.7 Å². The highest BCUT2D eigenvalue weighted by molar-refractivity contribution is 5.94. The van der Waals surface area contributed by atoms with Gasteiger partial charge in [0.25, 0.3) is 5.91 Å². The van der Waals surface area contributed by atoms with Crippen LogP contribution in [0.2, 0.25) is 0 Å². The minimum atomic E-state index is -1.01. The summed E-state index contributed by atoms with van der Waals surface area (Å²) in [6.45, 7) is 2.02. The number of halogens is 1. The highest BCUT2D eigenvalue weighted by Gasteiger charge is 2.20. The van der Waals surface area contributed by atoms with Crippen molar-refractivity contribution in [3.05, 3.63) is 39.7 Å². The molecule has 0 heterocycles. The molecule has 1 aromatic carbocycles. The topological polar surface area (TPSA) is 89.8 Å². The van der Waals surface area contributed by atoms with Crippen LogP contribution in [0.4, 0.5) is 10.1 Å². The van der Waals surface area contributed by atoms with E-state index in [1.165, 1.54) is 11.9 Å². The van der Waals surface area contributed by atoms with E-state index in [1.54, 1.807) is 6.92 Å². The first-order valence-electron chi connectivity index (χ1n) is 6.21. The van der Waals surface area contributed by atoms with Gasteiger partial charge in [-0.1, -0.05) is 0 Å². The number of ether oxygens (including phenoxy) is 1. The number of rotatable bonds is 6. The van der Waals surface area contributed by atoms with E-state index in [2.05, 4.69) is 0 Å². The smallest absolute Gasteiger partial charge is 0.307 e. The van der Waals surface area contributed by atoms with Gasteiger partial charge < -0.3 is 9.64 Å². The van der Waals surface area contributed by atoms with Crippen molar-refractivity contribution in [3.8, 4) is 0 Å². The van der Waals surface area contributed by atoms with Crippen molar-refractivity contribution in [2.75, 3.05) is 20.2 Å². The molecule has 8 heteroatoms. The van der Waals surface area contributed by atoms with Crippen LogP contribution in [0.3, 0.4) is 0 Å². The lowest BCUT2D eigenvalue weighted by Crippen LogP contribution is -2.29. The van der Waals surface area contributed by atoms with Gasteiger partial charge in [0.15, 0.2) is 0 Å². The van der Waals surface area contributed by atoms with Gasteiger partial charge in [-0.2, -0.15) is 4.39 Å². The zero-order valence-corrected chi connectivity index (χ0v) is 11.7. The van der Waals surface area contributed by atoms with Crippen LogP contribution in [0.25, 0.3) is 0 Å². The minimum Gasteiger partial charge on any atom is -0.466 e. The van der Waals surface area contributed by atoms with E-state index in [1.807, 2.05) is 0 Å². The maximum Gasteiger partial charge on any atom is 0.307 e. The predicted octanol–water partition coefficient (Wildman–Crippen LogP) is 1.76. The third kappa shape index (κ3) is 4.51. The minimum absolute atomic E-state index is 0.0133. The van der Waals surface area contributed by atoms with Gasteiger partial charge in [-0.05, 0) is 19.1 Å². The molecule has 7 nitrogen and oxygen atoms in total. The fourth-order valence-corrected chi connectivity index (χ4v) is 1.60. The number of nitrogens with zero attached hydrogens (tertiary/aromatic N) is 2. The SMILES string of the molecule is CCOC(=O)CCN(C)C(=O)c1ccc(F)c([N+](=O)[O-])c1. The summed E-state index contributed by atoms with van der Waals surface area (Å²) < 4.78 is 17.9. The second-order valence-electron chi connectivity index (χ2n) is 4.21. The van der Waals surface area contributed by atoms with Gasteiger partial charge in [0.1, 0.15) is 0 Å². The lowest BCUT2D eigenvalue weighted by molar-refractivity contribution is -0.387. The average Bonchev–Trinajstić information content (AvgIpc) is 2.44. The number of hydrogen-bond acceptors (Lipinski definition) is 5. The monoisotopic (exact) mass is 298 g/mol. The highest BCUT2D eigenvalue weighted by Crippen LogP contribution is 2.19. The summed E-state index contributed by atoms with van der Waals surface area (Å²) in [7, 11) is 1.44. The highest BCUT2D eigenvalue weighted by atomic mass is 19.1. The number of amides is 1. The molecule has 0 aliphatic rings. The van der Waals surface area contributed by atoms with Crippen molar-refractivity contribution in [2.24, 2.45) is 0 Å². The Balaban J connectivity index is 2.76. The average molecular weight is 298 g/mol.